The van der Waals surface area contributed by atoms with Crippen LogP contribution in [0.15, 0.2) is 24.3 Å². The Hall–Kier alpha value is -0.860. The summed E-state index contributed by atoms with van der Waals surface area (Å²) >= 11 is 0. The zero-order valence-corrected chi connectivity index (χ0v) is 8.03. The van der Waals surface area contributed by atoms with Crippen molar-refractivity contribution in [2.45, 2.75) is 25.9 Å². The van der Waals surface area contributed by atoms with Crippen LogP contribution in [0.1, 0.15) is 18.1 Å². The highest BCUT2D eigenvalue weighted by Crippen LogP contribution is 2.11. The molecule has 0 aliphatic rings. The molecule has 1 atom stereocenters. The van der Waals surface area contributed by atoms with Gasteiger partial charge >= 0.3 is 0 Å². The van der Waals surface area contributed by atoms with Gasteiger partial charge in [0.15, 0.2) is 0 Å². The first-order chi connectivity index (χ1) is 6.27. The van der Waals surface area contributed by atoms with E-state index in [1.165, 1.54) is 11.1 Å². The summed E-state index contributed by atoms with van der Waals surface area (Å²) in [4.78, 5) is 0. The fourth-order valence-corrected chi connectivity index (χ4v) is 1.44. The van der Waals surface area contributed by atoms with Crippen LogP contribution in [0, 0.1) is 0 Å². The maximum Gasteiger partial charge on any atom is 0.0702 e. The van der Waals surface area contributed by atoms with E-state index >= 15 is 0 Å². The normalized spacial score (nSPS) is 12.8. The van der Waals surface area contributed by atoms with Gasteiger partial charge in [-0.25, -0.2) is 0 Å². The van der Waals surface area contributed by atoms with Crippen molar-refractivity contribution in [2.75, 3.05) is 6.54 Å². The molecule has 0 aliphatic heterocycles. The number of hydrogen-bond acceptors (Lipinski definition) is 2. The average molecular weight is 179 g/mol. The van der Waals surface area contributed by atoms with E-state index in [0.29, 0.717) is 13.0 Å². The quantitative estimate of drug-likeness (QED) is 0.727. The van der Waals surface area contributed by atoms with Gasteiger partial charge in [-0.2, -0.15) is 0 Å². The first kappa shape index (κ1) is 10.2. The lowest BCUT2D eigenvalue weighted by molar-refractivity contribution is 0.183. The Morgan fingerprint density at radius 2 is 1.92 bits per heavy atom. The molecule has 13 heavy (non-hydrogen) atoms. The zero-order valence-electron chi connectivity index (χ0n) is 8.03. The van der Waals surface area contributed by atoms with Crippen LogP contribution in [0.5, 0.6) is 0 Å². The van der Waals surface area contributed by atoms with Crippen molar-refractivity contribution in [1.29, 1.82) is 0 Å². The fourth-order valence-electron chi connectivity index (χ4n) is 1.44. The Morgan fingerprint density at radius 1 is 1.31 bits per heavy atom. The molecular weight excluding hydrogens is 162 g/mol. The second-order valence-electron chi connectivity index (χ2n) is 3.22. The summed E-state index contributed by atoms with van der Waals surface area (Å²) < 4.78 is 0. The summed E-state index contributed by atoms with van der Waals surface area (Å²) in [7, 11) is 0. The van der Waals surface area contributed by atoms with Crippen LogP contribution in [0.3, 0.4) is 0 Å². The molecule has 2 heteroatoms. The second-order valence-corrected chi connectivity index (χ2v) is 3.22. The maximum atomic E-state index is 9.41. The van der Waals surface area contributed by atoms with Crippen LogP contribution in [0.4, 0.5) is 0 Å². The molecule has 1 aromatic carbocycles. The monoisotopic (exact) mass is 179 g/mol. The number of nitrogens with two attached hydrogens (primary N) is 1. The Morgan fingerprint density at radius 3 is 2.46 bits per heavy atom. The van der Waals surface area contributed by atoms with E-state index in [1.54, 1.807) is 0 Å². The molecule has 1 aromatic rings. The van der Waals surface area contributed by atoms with Crippen molar-refractivity contribution in [3.8, 4) is 0 Å². The van der Waals surface area contributed by atoms with E-state index in [1.807, 2.05) is 12.1 Å². The number of aryl methyl sites for hydroxylation is 1. The number of aliphatic hydroxyl groups is 1. The molecule has 1 unspecified atom stereocenters. The molecule has 0 spiro atoms. The van der Waals surface area contributed by atoms with Gasteiger partial charge < -0.3 is 10.8 Å². The van der Waals surface area contributed by atoms with E-state index in [2.05, 4.69) is 19.1 Å². The molecule has 2 nitrogen and oxygen atoms in total. The highest BCUT2D eigenvalue weighted by Gasteiger charge is 2.05. The van der Waals surface area contributed by atoms with Gasteiger partial charge in [-0.3, -0.25) is 0 Å². The smallest absolute Gasteiger partial charge is 0.0702 e. The van der Waals surface area contributed by atoms with Crippen molar-refractivity contribution < 1.29 is 5.11 Å². The van der Waals surface area contributed by atoms with E-state index in [4.69, 9.17) is 5.73 Å². The number of hydrogen-bond donors (Lipinski definition) is 2. The molecule has 0 amide bonds. The Bertz CT molecular complexity index is 260. The third-order valence-corrected chi connectivity index (χ3v) is 2.23. The molecule has 0 bridgehead atoms. The van der Waals surface area contributed by atoms with Crippen LogP contribution in [0.25, 0.3) is 0 Å². The van der Waals surface area contributed by atoms with Gasteiger partial charge in [0.25, 0.3) is 0 Å². The third-order valence-electron chi connectivity index (χ3n) is 2.23. The van der Waals surface area contributed by atoms with E-state index in [-0.39, 0.29) is 0 Å². The summed E-state index contributed by atoms with van der Waals surface area (Å²) in [6.07, 6.45) is 1.27. The molecule has 0 saturated heterocycles. The molecule has 0 aliphatic carbocycles. The van der Waals surface area contributed by atoms with Gasteiger partial charge in [-0.05, 0) is 24.0 Å². The standard InChI is InChI=1S/C11H17NO/c1-2-9-5-3-4-6-10(9)7-11(13)8-12/h3-6,11,13H,2,7-8,12H2,1H3. The van der Waals surface area contributed by atoms with E-state index in [9.17, 15) is 5.11 Å². The van der Waals surface area contributed by atoms with Gasteiger partial charge in [0.1, 0.15) is 0 Å². The van der Waals surface area contributed by atoms with Crippen molar-refractivity contribution >= 4 is 0 Å². The van der Waals surface area contributed by atoms with Crippen LogP contribution in [-0.4, -0.2) is 17.8 Å². The zero-order chi connectivity index (χ0) is 9.68. The maximum absolute atomic E-state index is 9.41. The molecule has 0 heterocycles. The van der Waals surface area contributed by atoms with Gasteiger partial charge in [-0.1, -0.05) is 31.2 Å². The van der Waals surface area contributed by atoms with Crippen LogP contribution < -0.4 is 5.73 Å². The van der Waals surface area contributed by atoms with Crippen molar-refractivity contribution in [3.63, 3.8) is 0 Å². The Labute approximate surface area is 79.4 Å². The van der Waals surface area contributed by atoms with Gasteiger partial charge in [-0.15, -0.1) is 0 Å². The molecule has 0 fully saturated rings. The second kappa shape index (κ2) is 5.00. The highest BCUT2D eigenvalue weighted by molar-refractivity contribution is 5.27. The first-order valence-electron chi connectivity index (χ1n) is 4.72. The number of aliphatic hydroxyl groups excluding tert-OH is 1. The highest BCUT2D eigenvalue weighted by atomic mass is 16.3. The fraction of sp³-hybridized carbons (Fsp3) is 0.455. The first-order valence-corrected chi connectivity index (χ1v) is 4.72. The minimum atomic E-state index is -0.410. The Balaban J connectivity index is 2.74. The van der Waals surface area contributed by atoms with Gasteiger partial charge in [0.05, 0.1) is 6.10 Å². The molecular formula is C11H17NO. The minimum absolute atomic E-state index is 0.331. The summed E-state index contributed by atoms with van der Waals surface area (Å²) in [6.45, 7) is 2.45. The largest absolute Gasteiger partial charge is 0.391 e. The predicted molar refractivity (Wildman–Crippen MR) is 54.6 cm³/mol. The lowest BCUT2D eigenvalue weighted by Gasteiger charge is -2.10. The molecule has 0 saturated carbocycles. The molecule has 0 aromatic heterocycles. The molecule has 3 N–H and O–H groups in total. The van der Waals surface area contributed by atoms with Crippen LogP contribution in [0.2, 0.25) is 0 Å². The van der Waals surface area contributed by atoms with Crippen molar-refractivity contribution in [1.82, 2.24) is 0 Å². The van der Waals surface area contributed by atoms with Crippen molar-refractivity contribution in [2.24, 2.45) is 5.73 Å². The third kappa shape index (κ3) is 2.83. The lowest BCUT2D eigenvalue weighted by Crippen LogP contribution is -2.22. The average Bonchev–Trinajstić information content (AvgIpc) is 2.18. The van der Waals surface area contributed by atoms with E-state index in [0.717, 1.165) is 6.42 Å². The van der Waals surface area contributed by atoms with Crippen LogP contribution in [-0.2, 0) is 12.8 Å². The topological polar surface area (TPSA) is 46.2 Å². The summed E-state index contributed by atoms with van der Waals surface area (Å²) in [5.74, 6) is 0. The summed E-state index contributed by atoms with van der Waals surface area (Å²) in [5.41, 5.74) is 7.87. The Kier molecular flexibility index (Phi) is 3.93. The van der Waals surface area contributed by atoms with Gasteiger partial charge in [0, 0.05) is 6.54 Å². The number of rotatable bonds is 4. The minimum Gasteiger partial charge on any atom is -0.391 e. The van der Waals surface area contributed by atoms with E-state index < -0.39 is 6.10 Å². The van der Waals surface area contributed by atoms with Crippen LogP contribution >= 0.6 is 0 Å². The lowest BCUT2D eigenvalue weighted by atomic mass is 10.00. The molecule has 0 radical (unpaired) electrons. The number of benzene rings is 1. The summed E-state index contributed by atoms with van der Waals surface area (Å²) in [6, 6.07) is 8.17. The molecule has 1 rings (SSSR count). The van der Waals surface area contributed by atoms with Crippen molar-refractivity contribution in [3.05, 3.63) is 35.4 Å². The summed E-state index contributed by atoms with van der Waals surface area (Å²) in [5, 5.41) is 9.41. The molecule has 72 valence electrons. The predicted octanol–water partition coefficient (Wildman–Crippen LogP) is 1.11. The SMILES string of the molecule is CCc1ccccc1CC(O)CN. The van der Waals surface area contributed by atoms with Gasteiger partial charge in [0.2, 0.25) is 0 Å².